The van der Waals surface area contributed by atoms with Crippen LogP contribution in [0.3, 0.4) is 0 Å². The highest BCUT2D eigenvalue weighted by Gasteiger charge is 2.31. The second-order valence-corrected chi connectivity index (χ2v) is 9.09. The molecule has 0 N–H and O–H groups in total. The van der Waals surface area contributed by atoms with E-state index in [9.17, 15) is 14.4 Å². The van der Waals surface area contributed by atoms with Crippen molar-refractivity contribution < 1.29 is 23.9 Å². The molecule has 0 bridgehead atoms. The van der Waals surface area contributed by atoms with Gasteiger partial charge in [0, 0.05) is 50.4 Å². The van der Waals surface area contributed by atoms with Crippen LogP contribution in [0.25, 0.3) is 10.2 Å². The van der Waals surface area contributed by atoms with Crippen LogP contribution in [-0.2, 0) is 9.59 Å². The van der Waals surface area contributed by atoms with Crippen molar-refractivity contribution in [1.82, 2.24) is 9.88 Å². The van der Waals surface area contributed by atoms with Gasteiger partial charge in [0.2, 0.25) is 11.8 Å². The maximum Gasteiger partial charge on any atom is 0.274 e. The summed E-state index contributed by atoms with van der Waals surface area (Å²) in [5.41, 5.74) is 1.77. The van der Waals surface area contributed by atoms with Crippen LogP contribution in [0, 0.1) is 0 Å². The van der Waals surface area contributed by atoms with Gasteiger partial charge < -0.3 is 14.4 Å². The zero-order valence-electron chi connectivity index (χ0n) is 18.2. The number of hydrogen-bond donors (Lipinski definition) is 0. The third kappa shape index (κ3) is 4.28. The summed E-state index contributed by atoms with van der Waals surface area (Å²) in [7, 11) is 1.63. The van der Waals surface area contributed by atoms with E-state index < -0.39 is 0 Å². The zero-order chi connectivity index (χ0) is 22.9. The van der Waals surface area contributed by atoms with Gasteiger partial charge in [-0.1, -0.05) is 17.4 Å². The van der Waals surface area contributed by atoms with Gasteiger partial charge >= 0.3 is 0 Å². The molecule has 2 aliphatic rings. The lowest BCUT2D eigenvalue weighted by atomic mass is 10.1. The Morgan fingerprint density at radius 3 is 2.55 bits per heavy atom. The maximum absolute atomic E-state index is 13.0. The fourth-order valence-electron chi connectivity index (χ4n) is 4.21. The van der Waals surface area contributed by atoms with Crippen molar-refractivity contribution in [1.29, 1.82) is 0 Å². The molecule has 2 fully saturated rings. The van der Waals surface area contributed by atoms with E-state index in [4.69, 9.17) is 9.47 Å². The Kier molecular flexibility index (Phi) is 5.72. The Hall–Kier alpha value is -3.46. The van der Waals surface area contributed by atoms with Crippen LogP contribution in [0.2, 0.25) is 0 Å². The number of amides is 3. The van der Waals surface area contributed by atoms with Crippen molar-refractivity contribution in [2.24, 2.45) is 0 Å². The molecular formula is C24H23N3O5S. The third-order valence-corrected chi connectivity index (χ3v) is 6.90. The number of aromatic nitrogens is 1. The minimum atomic E-state index is -0.226. The molecule has 0 spiro atoms. The molecule has 170 valence electrons. The summed E-state index contributed by atoms with van der Waals surface area (Å²) in [6.07, 6.45) is 1.82. The Balaban J connectivity index is 1.21. The molecule has 33 heavy (non-hydrogen) atoms. The number of fused-ring (bicyclic) bond motifs is 1. The number of imide groups is 1. The SMILES string of the molecule is COc1ccc2sc(OC3CCN(C(=O)c4cccc(N5C(=O)CCC5=O)c4)CC3)nc2c1. The summed E-state index contributed by atoms with van der Waals surface area (Å²) in [4.78, 5) is 44.6. The van der Waals surface area contributed by atoms with Gasteiger partial charge in [-0.05, 0) is 30.3 Å². The number of benzene rings is 2. The quantitative estimate of drug-likeness (QED) is 0.535. The van der Waals surface area contributed by atoms with Crippen molar-refractivity contribution in [2.75, 3.05) is 25.1 Å². The number of likely N-dealkylation sites (tertiary alicyclic amines) is 1. The molecule has 2 saturated heterocycles. The molecule has 0 atom stereocenters. The van der Waals surface area contributed by atoms with Crippen molar-refractivity contribution in [3.63, 3.8) is 0 Å². The Bertz CT molecular complexity index is 1220. The van der Waals surface area contributed by atoms with Crippen molar-refractivity contribution in [3.8, 4) is 10.9 Å². The summed E-state index contributed by atoms with van der Waals surface area (Å²) in [6.45, 7) is 1.13. The molecule has 5 rings (SSSR count). The lowest BCUT2D eigenvalue weighted by Crippen LogP contribution is -2.41. The first-order valence-corrected chi connectivity index (χ1v) is 11.7. The van der Waals surface area contributed by atoms with E-state index in [0.29, 0.717) is 42.4 Å². The van der Waals surface area contributed by atoms with Crippen LogP contribution >= 0.6 is 11.3 Å². The highest BCUT2D eigenvalue weighted by Crippen LogP contribution is 2.32. The molecule has 8 nitrogen and oxygen atoms in total. The lowest BCUT2D eigenvalue weighted by Gasteiger charge is -2.31. The zero-order valence-corrected chi connectivity index (χ0v) is 19.0. The highest BCUT2D eigenvalue weighted by molar-refractivity contribution is 7.20. The van der Waals surface area contributed by atoms with Crippen molar-refractivity contribution in [3.05, 3.63) is 48.0 Å². The van der Waals surface area contributed by atoms with Crippen LogP contribution in [0.15, 0.2) is 42.5 Å². The molecule has 0 radical (unpaired) electrons. The predicted molar refractivity (Wildman–Crippen MR) is 124 cm³/mol. The standard InChI is InChI=1S/C24H23N3O5S/c1-31-18-5-6-20-19(14-18)25-24(33-20)32-17-9-11-26(12-10-17)23(30)15-3-2-4-16(13-15)27-21(28)7-8-22(27)29/h2-6,13-14,17H,7-12H2,1H3. The van der Waals surface area contributed by atoms with E-state index in [1.165, 1.54) is 16.2 Å². The van der Waals surface area contributed by atoms with Gasteiger partial charge in [0.15, 0.2) is 0 Å². The monoisotopic (exact) mass is 465 g/mol. The van der Waals surface area contributed by atoms with Crippen LogP contribution in [0.1, 0.15) is 36.0 Å². The second-order valence-electron chi connectivity index (χ2n) is 8.10. The fourth-order valence-corrected chi connectivity index (χ4v) is 5.07. The molecule has 1 aromatic heterocycles. The first-order chi connectivity index (χ1) is 16.0. The third-order valence-electron chi connectivity index (χ3n) is 5.97. The molecule has 3 aromatic rings. The lowest BCUT2D eigenvalue weighted by molar-refractivity contribution is -0.121. The van der Waals surface area contributed by atoms with Crippen LogP contribution < -0.4 is 14.4 Å². The number of carbonyl (C=O) groups is 3. The fraction of sp³-hybridized carbons (Fsp3) is 0.333. The van der Waals surface area contributed by atoms with E-state index in [-0.39, 0.29) is 36.7 Å². The van der Waals surface area contributed by atoms with E-state index in [1.54, 1.807) is 36.3 Å². The van der Waals surface area contributed by atoms with E-state index >= 15 is 0 Å². The largest absolute Gasteiger partial charge is 0.497 e. The smallest absolute Gasteiger partial charge is 0.274 e. The molecular weight excluding hydrogens is 442 g/mol. The van der Waals surface area contributed by atoms with Crippen LogP contribution in [0.5, 0.6) is 10.9 Å². The van der Waals surface area contributed by atoms with Gasteiger partial charge in [0.25, 0.3) is 11.1 Å². The van der Waals surface area contributed by atoms with E-state index in [2.05, 4.69) is 4.98 Å². The maximum atomic E-state index is 13.0. The molecule has 2 aliphatic heterocycles. The summed E-state index contributed by atoms with van der Waals surface area (Å²) in [5.74, 6) is 0.196. The first-order valence-electron chi connectivity index (χ1n) is 10.9. The number of piperidine rings is 1. The number of hydrogen-bond acceptors (Lipinski definition) is 7. The number of carbonyl (C=O) groups excluding carboxylic acids is 3. The normalized spacial score (nSPS) is 17.1. The average molecular weight is 466 g/mol. The molecule has 9 heteroatoms. The van der Waals surface area contributed by atoms with Gasteiger partial charge in [-0.25, -0.2) is 4.98 Å². The Morgan fingerprint density at radius 1 is 1.06 bits per heavy atom. The van der Waals surface area contributed by atoms with Gasteiger partial charge in [0.05, 0.1) is 23.0 Å². The predicted octanol–water partition coefficient (Wildman–Crippen LogP) is 3.64. The molecule has 2 aromatic carbocycles. The molecule has 0 saturated carbocycles. The van der Waals surface area contributed by atoms with Crippen molar-refractivity contribution >= 4 is 45.0 Å². The second kappa shape index (κ2) is 8.82. The Labute approximate surface area is 194 Å². The van der Waals surface area contributed by atoms with Crippen LogP contribution in [-0.4, -0.2) is 53.9 Å². The Morgan fingerprint density at radius 2 is 1.82 bits per heavy atom. The molecule has 3 heterocycles. The number of nitrogens with zero attached hydrogens (tertiary/aromatic N) is 3. The van der Waals surface area contributed by atoms with Gasteiger partial charge in [-0.2, -0.15) is 0 Å². The van der Waals surface area contributed by atoms with Gasteiger partial charge in [0.1, 0.15) is 11.9 Å². The summed E-state index contributed by atoms with van der Waals surface area (Å²) >= 11 is 1.50. The minimum Gasteiger partial charge on any atom is -0.497 e. The first kappa shape index (κ1) is 21.4. The van der Waals surface area contributed by atoms with Gasteiger partial charge in [-0.15, -0.1) is 0 Å². The molecule has 0 aliphatic carbocycles. The number of ether oxygens (including phenoxy) is 2. The summed E-state index contributed by atoms with van der Waals surface area (Å²) in [6, 6.07) is 12.5. The molecule has 3 amide bonds. The van der Waals surface area contributed by atoms with E-state index in [1.807, 2.05) is 18.2 Å². The topological polar surface area (TPSA) is 89.0 Å². The van der Waals surface area contributed by atoms with Gasteiger partial charge in [-0.3, -0.25) is 19.3 Å². The van der Waals surface area contributed by atoms with E-state index in [0.717, 1.165) is 16.0 Å². The number of thiazole rings is 1. The summed E-state index contributed by atoms with van der Waals surface area (Å²) < 4.78 is 12.4. The summed E-state index contributed by atoms with van der Waals surface area (Å²) in [5, 5.41) is 0.621. The number of methoxy groups -OCH3 is 1. The van der Waals surface area contributed by atoms with Crippen molar-refractivity contribution in [2.45, 2.75) is 31.8 Å². The van der Waals surface area contributed by atoms with Crippen LogP contribution in [0.4, 0.5) is 5.69 Å². The molecule has 0 unspecified atom stereocenters. The highest BCUT2D eigenvalue weighted by atomic mass is 32.1. The minimum absolute atomic E-state index is 0.0114. The number of rotatable bonds is 5. The average Bonchev–Trinajstić information content (AvgIpc) is 3.40. The number of anilines is 1.